The summed E-state index contributed by atoms with van der Waals surface area (Å²) in [4.78, 5) is 16.7. The number of nitrogens with one attached hydrogen (secondary N) is 1. The van der Waals surface area contributed by atoms with Crippen LogP contribution in [0.25, 0.3) is 5.69 Å². The van der Waals surface area contributed by atoms with Gasteiger partial charge in [-0.2, -0.15) is 5.10 Å². The first-order chi connectivity index (χ1) is 12.6. The number of nitrogens with zero attached hydrogens (tertiary/aromatic N) is 3. The van der Waals surface area contributed by atoms with Crippen molar-refractivity contribution in [3.63, 3.8) is 0 Å². The van der Waals surface area contributed by atoms with Crippen LogP contribution >= 0.6 is 0 Å². The van der Waals surface area contributed by atoms with Crippen molar-refractivity contribution in [3.05, 3.63) is 71.2 Å². The summed E-state index contributed by atoms with van der Waals surface area (Å²) in [5.41, 5.74) is 4.52. The molecular weight excluding hydrogens is 328 g/mol. The fourth-order valence-electron chi connectivity index (χ4n) is 2.84. The molecule has 1 amide bonds. The van der Waals surface area contributed by atoms with Crippen LogP contribution in [0, 0.1) is 6.92 Å². The predicted molar refractivity (Wildman–Crippen MR) is 99.6 cm³/mol. The largest absolute Gasteiger partial charge is 0.481 e. The van der Waals surface area contributed by atoms with Crippen molar-refractivity contribution in [3.8, 4) is 11.6 Å². The molecule has 0 unspecified atom stereocenters. The highest BCUT2D eigenvalue weighted by atomic mass is 16.5. The zero-order chi connectivity index (χ0) is 18.5. The minimum atomic E-state index is -0.142. The Bertz CT molecular complexity index is 918. The predicted octanol–water partition coefficient (Wildman–Crippen LogP) is 3.08. The minimum Gasteiger partial charge on any atom is -0.481 e. The maximum atomic E-state index is 12.7. The molecule has 0 fully saturated rings. The van der Waals surface area contributed by atoms with E-state index in [1.807, 2.05) is 42.8 Å². The van der Waals surface area contributed by atoms with Gasteiger partial charge in [-0.05, 0) is 42.7 Å². The smallest absolute Gasteiger partial charge is 0.255 e. The summed E-state index contributed by atoms with van der Waals surface area (Å²) in [6.45, 7) is 4.46. The fourth-order valence-corrected chi connectivity index (χ4v) is 2.84. The first kappa shape index (κ1) is 17.7. The van der Waals surface area contributed by atoms with Crippen molar-refractivity contribution in [2.75, 3.05) is 7.11 Å². The van der Waals surface area contributed by atoms with Gasteiger partial charge in [0.05, 0.1) is 30.3 Å². The van der Waals surface area contributed by atoms with E-state index in [-0.39, 0.29) is 5.91 Å². The van der Waals surface area contributed by atoms with Crippen molar-refractivity contribution >= 4 is 5.91 Å². The number of hydrogen-bond donors (Lipinski definition) is 1. The Balaban J connectivity index is 1.79. The van der Waals surface area contributed by atoms with Crippen molar-refractivity contribution in [2.45, 2.75) is 26.8 Å². The highest BCUT2D eigenvalue weighted by molar-refractivity contribution is 5.95. The summed E-state index contributed by atoms with van der Waals surface area (Å²) in [6, 6.07) is 11.7. The molecule has 6 heteroatoms. The van der Waals surface area contributed by atoms with Crippen molar-refractivity contribution in [2.24, 2.45) is 0 Å². The topological polar surface area (TPSA) is 69.0 Å². The Kier molecular flexibility index (Phi) is 5.31. The molecule has 0 radical (unpaired) electrons. The molecule has 0 saturated carbocycles. The molecule has 2 aromatic heterocycles. The van der Waals surface area contributed by atoms with E-state index < -0.39 is 0 Å². The van der Waals surface area contributed by atoms with Gasteiger partial charge in [0.25, 0.3) is 5.91 Å². The number of carbonyl (C=O) groups is 1. The Morgan fingerprint density at radius 3 is 2.85 bits per heavy atom. The third kappa shape index (κ3) is 3.74. The van der Waals surface area contributed by atoms with Gasteiger partial charge >= 0.3 is 0 Å². The number of hydrogen-bond acceptors (Lipinski definition) is 4. The number of methoxy groups -OCH3 is 1. The van der Waals surface area contributed by atoms with Crippen molar-refractivity contribution in [1.29, 1.82) is 0 Å². The molecule has 0 saturated heterocycles. The number of amides is 1. The molecule has 3 aromatic rings. The van der Waals surface area contributed by atoms with E-state index in [1.54, 1.807) is 25.6 Å². The van der Waals surface area contributed by atoms with Gasteiger partial charge in [-0.15, -0.1) is 0 Å². The molecular formula is C20H22N4O2. The average molecular weight is 350 g/mol. The van der Waals surface area contributed by atoms with Gasteiger partial charge in [-0.25, -0.2) is 9.67 Å². The summed E-state index contributed by atoms with van der Waals surface area (Å²) < 4.78 is 6.94. The maximum absolute atomic E-state index is 12.7. The van der Waals surface area contributed by atoms with Crippen LogP contribution in [0.3, 0.4) is 0 Å². The van der Waals surface area contributed by atoms with Crippen LogP contribution in [-0.4, -0.2) is 27.8 Å². The van der Waals surface area contributed by atoms with E-state index >= 15 is 0 Å². The highest BCUT2D eigenvalue weighted by Gasteiger charge is 2.17. The van der Waals surface area contributed by atoms with Crippen molar-refractivity contribution in [1.82, 2.24) is 20.1 Å². The minimum absolute atomic E-state index is 0.142. The van der Waals surface area contributed by atoms with Crippen LogP contribution in [0.1, 0.15) is 34.1 Å². The number of carbonyl (C=O) groups excluding carboxylic acids is 1. The van der Waals surface area contributed by atoms with Crippen LogP contribution in [0.2, 0.25) is 0 Å². The zero-order valence-electron chi connectivity index (χ0n) is 15.2. The first-order valence-electron chi connectivity index (χ1n) is 8.53. The lowest BCUT2D eigenvalue weighted by Crippen LogP contribution is -2.23. The quantitative estimate of drug-likeness (QED) is 0.742. The molecule has 1 N–H and O–H groups in total. The van der Waals surface area contributed by atoms with E-state index in [0.29, 0.717) is 24.4 Å². The molecule has 0 aliphatic rings. The van der Waals surface area contributed by atoms with Gasteiger partial charge in [0, 0.05) is 18.8 Å². The van der Waals surface area contributed by atoms with Crippen molar-refractivity contribution < 1.29 is 9.53 Å². The van der Waals surface area contributed by atoms with Gasteiger partial charge in [0.2, 0.25) is 5.88 Å². The Labute approximate surface area is 152 Å². The van der Waals surface area contributed by atoms with Crippen LogP contribution in [0.5, 0.6) is 5.88 Å². The standard InChI is InChI=1S/C20H22N4O2/c1-4-18-17(13-23-24(18)16-7-5-6-14(2)10-16)20(25)22-12-15-8-9-21-19(11-15)26-3/h5-11,13H,4,12H2,1-3H3,(H,22,25). The number of aromatic nitrogens is 3. The molecule has 0 spiro atoms. The van der Waals surface area contributed by atoms with E-state index in [9.17, 15) is 4.79 Å². The average Bonchev–Trinajstić information content (AvgIpc) is 3.10. The van der Waals surface area contributed by atoms with Crippen LogP contribution in [-0.2, 0) is 13.0 Å². The van der Waals surface area contributed by atoms with Gasteiger partial charge in [0.1, 0.15) is 0 Å². The van der Waals surface area contributed by atoms with E-state index in [2.05, 4.69) is 21.5 Å². The normalized spacial score (nSPS) is 10.6. The lowest BCUT2D eigenvalue weighted by molar-refractivity contribution is 0.0950. The van der Waals surface area contributed by atoms with Crippen LogP contribution in [0.4, 0.5) is 0 Å². The summed E-state index contributed by atoms with van der Waals surface area (Å²) in [6.07, 6.45) is 4.00. The van der Waals surface area contributed by atoms with Crippen LogP contribution < -0.4 is 10.1 Å². The molecule has 1 aromatic carbocycles. The number of pyridine rings is 1. The van der Waals surface area contributed by atoms with Gasteiger partial charge in [-0.3, -0.25) is 4.79 Å². The number of ether oxygens (including phenoxy) is 1. The summed E-state index contributed by atoms with van der Waals surface area (Å²) >= 11 is 0. The highest BCUT2D eigenvalue weighted by Crippen LogP contribution is 2.17. The number of benzene rings is 1. The van der Waals surface area contributed by atoms with Gasteiger partial charge in [-0.1, -0.05) is 19.1 Å². The lowest BCUT2D eigenvalue weighted by atomic mass is 10.1. The monoisotopic (exact) mass is 350 g/mol. The molecule has 0 atom stereocenters. The summed E-state index contributed by atoms with van der Waals surface area (Å²) in [7, 11) is 1.57. The number of aryl methyl sites for hydroxylation is 1. The fraction of sp³-hybridized carbons (Fsp3) is 0.250. The van der Waals surface area contributed by atoms with E-state index in [4.69, 9.17) is 4.74 Å². The Hall–Kier alpha value is -3.15. The molecule has 134 valence electrons. The molecule has 6 nitrogen and oxygen atoms in total. The SMILES string of the molecule is CCc1c(C(=O)NCc2ccnc(OC)c2)cnn1-c1cccc(C)c1. The second-order valence-electron chi connectivity index (χ2n) is 6.00. The third-order valence-electron chi connectivity index (χ3n) is 4.16. The molecule has 2 heterocycles. The third-order valence-corrected chi connectivity index (χ3v) is 4.16. The van der Waals surface area contributed by atoms with E-state index in [0.717, 1.165) is 22.5 Å². The van der Waals surface area contributed by atoms with Crippen LogP contribution in [0.15, 0.2) is 48.8 Å². The van der Waals surface area contributed by atoms with Gasteiger partial charge < -0.3 is 10.1 Å². The molecule has 0 bridgehead atoms. The second kappa shape index (κ2) is 7.82. The maximum Gasteiger partial charge on any atom is 0.255 e. The second-order valence-corrected chi connectivity index (χ2v) is 6.00. The number of rotatable bonds is 6. The Morgan fingerprint density at radius 2 is 2.12 bits per heavy atom. The van der Waals surface area contributed by atoms with E-state index in [1.165, 1.54) is 0 Å². The summed E-state index contributed by atoms with van der Waals surface area (Å²) in [5, 5.41) is 7.37. The summed E-state index contributed by atoms with van der Waals surface area (Å²) in [5.74, 6) is 0.384. The lowest BCUT2D eigenvalue weighted by Gasteiger charge is -2.09. The zero-order valence-corrected chi connectivity index (χ0v) is 15.2. The van der Waals surface area contributed by atoms with Gasteiger partial charge in [0.15, 0.2) is 0 Å². The molecule has 26 heavy (non-hydrogen) atoms. The molecule has 3 rings (SSSR count). The first-order valence-corrected chi connectivity index (χ1v) is 8.53. The Morgan fingerprint density at radius 1 is 1.27 bits per heavy atom. The molecule has 0 aliphatic heterocycles. The molecule has 0 aliphatic carbocycles.